The van der Waals surface area contributed by atoms with Crippen molar-refractivity contribution >= 4 is 17.3 Å². The molecule has 0 saturated carbocycles. The van der Waals surface area contributed by atoms with Gasteiger partial charge in [0.25, 0.3) is 0 Å². The summed E-state index contributed by atoms with van der Waals surface area (Å²) in [6.07, 6.45) is 5.20. The minimum absolute atomic E-state index is 0.570. The maximum atomic E-state index is 5.34. The highest BCUT2D eigenvalue weighted by Gasteiger charge is 2.29. The topological polar surface area (TPSA) is 71.3 Å². The number of ether oxygens (including phenoxy) is 1. The Balaban J connectivity index is 1.28. The maximum absolute atomic E-state index is 5.34. The Morgan fingerprint density at radius 3 is 2.66 bits per heavy atom. The molecule has 1 N–H and O–H groups in total. The monoisotopic (exact) mass is 391 g/mol. The van der Waals surface area contributed by atoms with Gasteiger partial charge in [-0.3, -0.25) is 9.88 Å². The number of aryl methyl sites for hydroxylation is 1. The quantitative estimate of drug-likeness (QED) is 0.715. The van der Waals surface area contributed by atoms with Crippen LogP contribution in [0, 0.1) is 6.92 Å². The van der Waals surface area contributed by atoms with Crippen molar-refractivity contribution < 1.29 is 4.74 Å². The Labute approximate surface area is 170 Å². The number of pyridine rings is 1. The molecule has 1 aromatic carbocycles. The molecule has 0 atom stereocenters. The van der Waals surface area contributed by atoms with Gasteiger partial charge in [0.15, 0.2) is 0 Å². The predicted molar refractivity (Wildman–Crippen MR) is 112 cm³/mol. The molecular formula is C21H25N7O. The number of piperazine rings is 1. The second-order valence-electron chi connectivity index (χ2n) is 7.62. The molecule has 0 aliphatic carbocycles. The molecule has 150 valence electrons. The van der Waals surface area contributed by atoms with Gasteiger partial charge in [0, 0.05) is 43.8 Å². The van der Waals surface area contributed by atoms with Gasteiger partial charge >= 0.3 is 0 Å². The van der Waals surface area contributed by atoms with Crippen molar-refractivity contribution in [2.24, 2.45) is 0 Å². The standard InChI is InChI=1S/C21H25N7O/c1-16-9-17(24-21-23-15-28(25-21)18-3-2-4-22-12-18)11-19(10-16)26-5-7-27(8-6-26)20-13-29-14-20/h2-4,9-12,15,20H,5-8,13-14H2,1H3,(H,24,25). The molecule has 0 spiro atoms. The Hall–Kier alpha value is -2.97. The molecule has 5 rings (SSSR count). The first-order chi connectivity index (χ1) is 14.2. The zero-order valence-corrected chi connectivity index (χ0v) is 16.5. The number of benzene rings is 1. The average Bonchev–Trinajstić information content (AvgIpc) is 3.16. The van der Waals surface area contributed by atoms with Crippen molar-refractivity contribution in [1.29, 1.82) is 0 Å². The second kappa shape index (κ2) is 7.81. The number of rotatable bonds is 5. The van der Waals surface area contributed by atoms with Gasteiger partial charge in [-0.05, 0) is 42.8 Å². The van der Waals surface area contributed by atoms with E-state index in [1.54, 1.807) is 23.4 Å². The minimum Gasteiger partial charge on any atom is -0.378 e. The van der Waals surface area contributed by atoms with E-state index < -0.39 is 0 Å². The summed E-state index contributed by atoms with van der Waals surface area (Å²) >= 11 is 0. The van der Waals surface area contributed by atoms with E-state index in [1.807, 2.05) is 12.1 Å². The van der Waals surface area contributed by atoms with Crippen molar-refractivity contribution in [2.75, 3.05) is 49.6 Å². The summed E-state index contributed by atoms with van der Waals surface area (Å²) in [5.41, 5.74) is 4.33. The van der Waals surface area contributed by atoms with Crippen LogP contribution in [0.1, 0.15) is 5.56 Å². The van der Waals surface area contributed by atoms with Crippen molar-refractivity contribution in [2.45, 2.75) is 13.0 Å². The van der Waals surface area contributed by atoms with Crippen LogP contribution in [0.25, 0.3) is 5.69 Å². The number of hydrogen-bond donors (Lipinski definition) is 1. The van der Waals surface area contributed by atoms with Crippen molar-refractivity contribution in [3.63, 3.8) is 0 Å². The van der Waals surface area contributed by atoms with Crippen LogP contribution in [-0.4, -0.2) is 70.1 Å². The number of aromatic nitrogens is 4. The molecule has 2 aromatic heterocycles. The first kappa shape index (κ1) is 18.1. The summed E-state index contributed by atoms with van der Waals surface area (Å²) in [6, 6.07) is 11.0. The van der Waals surface area contributed by atoms with Crippen LogP contribution in [0.4, 0.5) is 17.3 Å². The Morgan fingerprint density at radius 1 is 1.07 bits per heavy atom. The van der Waals surface area contributed by atoms with E-state index in [0.29, 0.717) is 12.0 Å². The Kier molecular flexibility index (Phi) is 4.87. The van der Waals surface area contributed by atoms with Crippen LogP contribution in [-0.2, 0) is 4.74 Å². The smallest absolute Gasteiger partial charge is 0.246 e. The van der Waals surface area contributed by atoms with Crippen LogP contribution in [0.3, 0.4) is 0 Å². The summed E-state index contributed by atoms with van der Waals surface area (Å²) in [5.74, 6) is 0.570. The molecule has 8 heteroatoms. The summed E-state index contributed by atoms with van der Waals surface area (Å²) in [7, 11) is 0. The summed E-state index contributed by atoms with van der Waals surface area (Å²) in [4.78, 5) is 13.5. The molecule has 29 heavy (non-hydrogen) atoms. The van der Waals surface area contributed by atoms with Gasteiger partial charge in [-0.2, -0.15) is 4.98 Å². The van der Waals surface area contributed by atoms with Crippen LogP contribution in [0.15, 0.2) is 49.1 Å². The summed E-state index contributed by atoms with van der Waals surface area (Å²) < 4.78 is 7.05. The van der Waals surface area contributed by atoms with Crippen LogP contribution >= 0.6 is 0 Å². The largest absolute Gasteiger partial charge is 0.378 e. The number of anilines is 3. The SMILES string of the molecule is Cc1cc(Nc2ncn(-c3cccnc3)n2)cc(N2CCN(C3COC3)CC2)c1. The van der Waals surface area contributed by atoms with E-state index in [9.17, 15) is 0 Å². The molecule has 2 fully saturated rings. The van der Waals surface area contributed by atoms with Crippen LogP contribution < -0.4 is 10.2 Å². The molecule has 3 aromatic rings. The molecule has 4 heterocycles. The number of nitrogens with zero attached hydrogens (tertiary/aromatic N) is 6. The number of nitrogens with one attached hydrogen (secondary N) is 1. The zero-order valence-electron chi connectivity index (χ0n) is 16.5. The molecule has 2 aliphatic rings. The lowest BCUT2D eigenvalue weighted by molar-refractivity contribution is -0.0660. The van der Waals surface area contributed by atoms with Crippen LogP contribution in [0.2, 0.25) is 0 Å². The third kappa shape index (κ3) is 3.94. The Bertz CT molecular complexity index is 962. The van der Waals surface area contributed by atoms with Gasteiger partial charge in [0.2, 0.25) is 5.95 Å². The molecule has 0 radical (unpaired) electrons. The number of hydrogen-bond acceptors (Lipinski definition) is 7. The van der Waals surface area contributed by atoms with E-state index in [4.69, 9.17) is 4.74 Å². The minimum atomic E-state index is 0.570. The Morgan fingerprint density at radius 2 is 1.93 bits per heavy atom. The molecule has 2 saturated heterocycles. The third-order valence-corrected chi connectivity index (χ3v) is 5.54. The van der Waals surface area contributed by atoms with Gasteiger partial charge in [-0.15, -0.1) is 5.10 Å². The first-order valence-corrected chi connectivity index (χ1v) is 10.0. The first-order valence-electron chi connectivity index (χ1n) is 10.0. The fourth-order valence-corrected chi connectivity index (χ4v) is 3.86. The summed E-state index contributed by atoms with van der Waals surface area (Å²) in [6.45, 7) is 8.14. The fraction of sp³-hybridized carbons (Fsp3) is 0.381. The van der Waals surface area contributed by atoms with E-state index in [1.165, 1.54) is 11.3 Å². The molecule has 0 amide bonds. The fourth-order valence-electron chi connectivity index (χ4n) is 3.86. The molecule has 8 nitrogen and oxygen atoms in total. The van der Waals surface area contributed by atoms with E-state index >= 15 is 0 Å². The second-order valence-corrected chi connectivity index (χ2v) is 7.62. The van der Waals surface area contributed by atoms with Gasteiger partial charge in [0.05, 0.1) is 31.1 Å². The predicted octanol–water partition coefficient (Wildman–Crippen LogP) is 2.24. The molecule has 2 aliphatic heterocycles. The lowest BCUT2D eigenvalue weighted by Crippen LogP contribution is -2.56. The molecular weight excluding hydrogens is 366 g/mol. The highest BCUT2D eigenvalue weighted by Crippen LogP contribution is 2.26. The van der Waals surface area contributed by atoms with Crippen molar-refractivity contribution in [1.82, 2.24) is 24.6 Å². The highest BCUT2D eigenvalue weighted by molar-refractivity contribution is 5.64. The van der Waals surface area contributed by atoms with Gasteiger partial charge in [0.1, 0.15) is 6.33 Å². The zero-order chi connectivity index (χ0) is 19.6. The van der Waals surface area contributed by atoms with Gasteiger partial charge in [-0.25, -0.2) is 4.68 Å². The maximum Gasteiger partial charge on any atom is 0.246 e. The average molecular weight is 391 g/mol. The van der Waals surface area contributed by atoms with Gasteiger partial charge < -0.3 is 15.0 Å². The van der Waals surface area contributed by atoms with E-state index in [0.717, 1.165) is 50.8 Å². The molecule has 0 bridgehead atoms. The lowest BCUT2D eigenvalue weighted by Gasteiger charge is -2.43. The van der Waals surface area contributed by atoms with Crippen molar-refractivity contribution in [3.8, 4) is 5.69 Å². The third-order valence-electron chi connectivity index (χ3n) is 5.54. The van der Waals surface area contributed by atoms with Crippen molar-refractivity contribution in [3.05, 3.63) is 54.6 Å². The highest BCUT2D eigenvalue weighted by atomic mass is 16.5. The molecule has 0 unspecified atom stereocenters. The lowest BCUT2D eigenvalue weighted by atomic mass is 10.1. The summed E-state index contributed by atoms with van der Waals surface area (Å²) in [5, 5.41) is 7.86. The van der Waals surface area contributed by atoms with E-state index in [-0.39, 0.29) is 0 Å². The van der Waals surface area contributed by atoms with Crippen LogP contribution in [0.5, 0.6) is 0 Å². The van der Waals surface area contributed by atoms with E-state index in [2.05, 4.69) is 55.3 Å². The normalized spacial score (nSPS) is 17.9. The van der Waals surface area contributed by atoms with Gasteiger partial charge in [-0.1, -0.05) is 0 Å².